The van der Waals surface area contributed by atoms with Gasteiger partial charge in [0.05, 0.1) is 5.41 Å². The van der Waals surface area contributed by atoms with Crippen molar-refractivity contribution in [3.05, 3.63) is 46.4 Å². The van der Waals surface area contributed by atoms with Crippen LogP contribution >= 0.6 is 15.9 Å². The number of fused-ring (bicyclic) bond motifs is 1. The van der Waals surface area contributed by atoms with E-state index in [-0.39, 0.29) is 12.1 Å². The summed E-state index contributed by atoms with van der Waals surface area (Å²) in [6, 6.07) is 8.26. The Labute approximate surface area is 145 Å². The van der Waals surface area contributed by atoms with Gasteiger partial charge in [0.15, 0.2) is 6.04 Å². The summed E-state index contributed by atoms with van der Waals surface area (Å²) in [5, 5.41) is 2.22. The maximum absolute atomic E-state index is 13.9. The summed E-state index contributed by atoms with van der Waals surface area (Å²) >= 11 is 3.29. The third-order valence-electron chi connectivity index (χ3n) is 4.20. The maximum atomic E-state index is 13.9. The van der Waals surface area contributed by atoms with Crippen molar-refractivity contribution in [2.75, 3.05) is 6.54 Å². The zero-order chi connectivity index (χ0) is 17.7. The Kier molecular flexibility index (Phi) is 4.12. The molecule has 0 aromatic heterocycles. The fourth-order valence-electron chi connectivity index (χ4n) is 3.02. The van der Waals surface area contributed by atoms with E-state index < -0.39 is 23.5 Å². The first-order chi connectivity index (χ1) is 11.1. The average molecular weight is 401 g/mol. The van der Waals surface area contributed by atoms with Crippen molar-refractivity contribution in [3.63, 3.8) is 0 Å². The van der Waals surface area contributed by atoms with Crippen LogP contribution in [-0.2, 0) is 4.79 Å². The van der Waals surface area contributed by atoms with Crippen molar-refractivity contribution in [2.24, 2.45) is 5.41 Å². The highest BCUT2D eigenvalue weighted by molar-refractivity contribution is 9.10. The molecular formula is C17H16BrF3N2O. The number of alkyl halides is 3. The predicted octanol–water partition coefficient (Wildman–Crippen LogP) is 4.58. The van der Waals surface area contributed by atoms with Gasteiger partial charge in [-0.05, 0) is 42.3 Å². The zero-order valence-corrected chi connectivity index (χ0v) is 14.7. The van der Waals surface area contributed by atoms with E-state index in [1.165, 1.54) is 6.07 Å². The van der Waals surface area contributed by atoms with Gasteiger partial charge in [0, 0.05) is 11.0 Å². The SMILES string of the molecule is CC1(C)CN([C@@H](c2cc(Br)cc3ccccc23)C(F)(F)F)NC1=O. The molecule has 2 aromatic rings. The molecular weight excluding hydrogens is 385 g/mol. The molecule has 2 aromatic carbocycles. The lowest BCUT2D eigenvalue weighted by molar-refractivity contribution is -0.191. The van der Waals surface area contributed by atoms with Crippen LogP contribution in [0.15, 0.2) is 40.9 Å². The first-order valence-corrected chi connectivity index (χ1v) is 8.21. The molecule has 0 bridgehead atoms. The summed E-state index contributed by atoms with van der Waals surface area (Å²) in [5.74, 6) is -0.406. The third-order valence-corrected chi connectivity index (χ3v) is 4.66. The molecule has 0 unspecified atom stereocenters. The van der Waals surface area contributed by atoms with Crippen LogP contribution in [-0.4, -0.2) is 23.6 Å². The van der Waals surface area contributed by atoms with Gasteiger partial charge in [-0.1, -0.05) is 40.2 Å². The summed E-state index contributed by atoms with van der Waals surface area (Å²) in [6.45, 7) is 3.25. The lowest BCUT2D eigenvalue weighted by Gasteiger charge is -2.30. The van der Waals surface area contributed by atoms with Gasteiger partial charge in [-0.15, -0.1) is 0 Å². The van der Waals surface area contributed by atoms with E-state index in [4.69, 9.17) is 0 Å². The molecule has 24 heavy (non-hydrogen) atoms. The van der Waals surface area contributed by atoms with E-state index in [1.54, 1.807) is 44.2 Å². The fraction of sp³-hybridized carbons (Fsp3) is 0.353. The van der Waals surface area contributed by atoms with Crippen LogP contribution in [0.4, 0.5) is 13.2 Å². The van der Waals surface area contributed by atoms with E-state index in [0.717, 1.165) is 5.01 Å². The molecule has 0 spiro atoms. The lowest BCUT2D eigenvalue weighted by Crippen LogP contribution is -2.43. The second-order valence-corrected chi connectivity index (χ2v) is 7.53. The number of benzene rings is 2. The Balaban J connectivity index is 2.17. The van der Waals surface area contributed by atoms with Crippen LogP contribution in [0.25, 0.3) is 10.8 Å². The summed E-state index contributed by atoms with van der Waals surface area (Å²) in [7, 11) is 0. The van der Waals surface area contributed by atoms with Gasteiger partial charge in [-0.2, -0.15) is 13.2 Å². The minimum Gasteiger partial charge on any atom is -0.287 e. The minimum absolute atomic E-state index is 0.0170. The molecule has 128 valence electrons. The van der Waals surface area contributed by atoms with Gasteiger partial charge in [0.1, 0.15) is 0 Å². The summed E-state index contributed by atoms with van der Waals surface area (Å²) in [4.78, 5) is 12.0. The highest BCUT2D eigenvalue weighted by atomic mass is 79.9. The number of halogens is 4. The first-order valence-electron chi connectivity index (χ1n) is 7.42. The molecule has 0 saturated carbocycles. The Morgan fingerprint density at radius 1 is 1.25 bits per heavy atom. The van der Waals surface area contributed by atoms with E-state index >= 15 is 0 Å². The zero-order valence-electron chi connectivity index (χ0n) is 13.1. The number of amides is 1. The smallest absolute Gasteiger partial charge is 0.287 e. The molecule has 0 radical (unpaired) electrons. The Morgan fingerprint density at radius 2 is 1.92 bits per heavy atom. The van der Waals surface area contributed by atoms with Crippen molar-refractivity contribution < 1.29 is 18.0 Å². The lowest BCUT2D eigenvalue weighted by atomic mass is 9.93. The number of hydrazine groups is 1. The summed E-state index contributed by atoms with van der Waals surface area (Å²) in [6.07, 6.45) is -4.53. The van der Waals surface area contributed by atoms with Crippen LogP contribution in [0.5, 0.6) is 0 Å². The van der Waals surface area contributed by atoms with Crippen molar-refractivity contribution >= 4 is 32.6 Å². The number of carbonyl (C=O) groups excluding carboxylic acids is 1. The first kappa shape index (κ1) is 17.2. The maximum Gasteiger partial charge on any atom is 0.409 e. The summed E-state index contributed by atoms with van der Waals surface area (Å²) in [5.41, 5.74) is 1.64. The van der Waals surface area contributed by atoms with Gasteiger partial charge < -0.3 is 0 Å². The molecule has 1 amide bonds. The van der Waals surface area contributed by atoms with Gasteiger partial charge in [-0.3, -0.25) is 10.2 Å². The topological polar surface area (TPSA) is 32.3 Å². The highest BCUT2D eigenvalue weighted by Crippen LogP contribution is 2.43. The average Bonchev–Trinajstić information content (AvgIpc) is 2.70. The second kappa shape index (κ2) is 5.74. The fourth-order valence-corrected chi connectivity index (χ4v) is 3.52. The van der Waals surface area contributed by atoms with Crippen LogP contribution in [0, 0.1) is 5.41 Å². The standard InChI is InChI=1S/C17H16BrF3N2O/c1-16(2)9-23(22-15(16)24)14(17(19,20)21)13-8-11(18)7-10-5-3-4-6-12(10)13/h3-8,14H,9H2,1-2H3,(H,22,24)/t14-/m0/s1. The molecule has 1 N–H and O–H groups in total. The normalized spacial score (nSPS) is 19.5. The largest absolute Gasteiger partial charge is 0.409 e. The van der Waals surface area contributed by atoms with Gasteiger partial charge in [0.2, 0.25) is 5.91 Å². The van der Waals surface area contributed by atoms with E-state index in [0.29, 0.717) is 15.2 Å². The molecule has 1 aliphatic heterocycles. The second-order valence-electron chi connectivity index (χ2n) is 6.61. The molecule has 1 saturated heterocycles. The van der Waals surface area contributed by atoms with E-state index in [1.807, 2.05) is 0 Å². The van der Waals surface area contributed by atoms with Crippen LogP contribution in [0.1, 0.15) is 25.5 Å². The van der Waals surface area contributed by atoms with Crippen LogP contribution in [0.3, 0.4) is 0 Å². The quantitative estimate of drug-likeness (QED) is 0.799. The molecule has 1 fully saturated rings. The van der Waals surface area contributed by atoms with Crippen LogP contribution < -0.4 is 5.43 Å². The van der Waals surface area contributed by atoms with Crippen molar-refractivity contribution in [1.82, 2.24) is 10.4 Å². The minimum atomic E-state index is -4.53. The number of hydrogen-bond acceptors (Lipinski definition) is 2. The summed E-state index contributed by atoms with van der Waals surface area (Å²) < 4.78 is 42.2. The monoisotopic (exact) mass is 400 g/mol. The molecule has 1 aliphatic rings. The number of carbonyl (C=O) groups is 1. The van der Waals surface area contributed by atoms with Crippen molar-refractivity contribution in [1.29, 1.82) is 0 Å². The predicted molar refractivity (Wildman–Crippen MR) is 89.1 cm³/mol. The molecule has 7 heteroatoms. The van der Waals surface area contributed by atoms with Crippen molar-refractivity contribution in [3.8, 4) is 0 Å². The van der Waals surface area contributed by atoms with Gasteiger partial charge >= 0.3 is 6.18 Å². The molecule has 0 aliphatic carbocycles. The molecule has 3 rings (SSSR count). The number of rotatable bonds is 2. The molecule has 1 heterocycles. The van der Waals surface area contributed by atoms with Gasteiger partial charge in [-0.25, -0.2) is 5.01 Å². The van der Waals surface area contributed by atoms with Crippen LogP contribution in [0.2, 0.25) is 0 Å². The third kappa shape index (κ3) is 3.02. The van der Waals surface area contributed by atoms with E-state index in [9.17, 15) is 18.0 Å². The van der Waals surface area contributed by atoms with Gasteiger partial charge in [0.25, 0.3) is 0 Å². The number of nitrogens with zero attached hydrogens (tertiary/aromatic N) is 1. The Bertz CT molecular complexity index is 804. The Hall–Kier alpha value is -1.60. The van der Waals surface area contributed by atoms with E-state index in [2.05, 4.69) is 21.4 Å². The number of hydrogen-bond donors (Lipinski definition) is 1. The van der Waals surface area contributed by atoms with Crippen molar-refractivity contribution in [2.45, 2.75) is 26.1 Å². The number of nitrogens with one attached hydrogen (secondary N) is 1. The highest BCUT2D eigenvalue weighted by Gasteiger charge is 2.51. The molecule has 1 atom stereocenters. The molecule has 3 nitrogen and oxygen atoms in total. The Morgan fingerprint density at radius 3 is 2.50 bits per heavy atom.